The lowest BCUT2D eigenvalue weighted by Gasteiger charge is -2.07. The number of nitrogens with two attached hydrogens (primary N) is 1. The Morgan fingerprint density at radius 2 is 1.50 bits per heavy atom. The Labute approximate surface area is 197 Å². The van der Waals surface area contributed by atoms with Crippen molar-refractivity contribution in [1.29, 1.82) is 0 Å². The van der Waals surface area contributed by atoms with Gasteiger partial charge in [0, 0.05) is 32.3 Å². The van der Waals surface area contributed by atoms with Crippen molar-refractivity contribution in [2.24, 2.45) is 7.05 Å². The van der Waals surface area contributed by atoms with Crippen LogP contribution in [0.3, 0.4) is 0 Å². The lowest BCUT2D eigenvalue weighted by Crippen LogP contribution is -2.07. The SMILES string of the molecule is CC(=O)Nc1cc(Oc2ccc3c(c2)nc(N)n3C)ccn1.c1ccc(-c2ccccc2)cc1. The normalized spacial score (nSPS) is 10.3. The number of rotatable bonds is 4. The van der Waals surface area contributed by atoms with Crippen LogP contribution >= 0.6 is 0 Å². The number of hydrogen-bond donors (Lipinski definition) is 2. The molecule has 0 fully saturated rings. The molecule has 0 unspecified atom stereocenters. The van der Waals surface area contributed by atoms with E-state index in [4.69, 9.17) is 10.5 Å². The predicted octanol–water partition coefficient (Wildman–Crippen LogP) is 5.65. The summed E-state index contributed by atoms with van der Waals surface area (Å²) in [5, 5.41) is 2.61. The Morgan fingerprint density at radius 1 is 0.882 bits per heavy atom. The maximum Gasteiger partial charge on any atom is 0.222 e. The summed E-state index contributed by atoms with van der Waals surface area (Å²) in [5.74, 6) is 1.90. The summed E-state index contributed by atoms with van der Waals surface area (Å²) in [5.41, 5.74) is 10.0. The van der Waals surface area contributed by atoms with Crippen molar-refractivity contribution in [2.75, 3.05) is 11.1 Å². The van der Waals surface area contributed by atoms with Crippen molar-refractivity contribution < 1.29 is 9.53 Å². The predicted molar refractivity (Wildman–Crippen MR) is 136 cm³/mol. The summed E-state index contributed by atoms with van der Waals surface area (Å²) >= 11 is 0. The third-order valence-corrected chi connectivity index (χ3v) is 5.04. The quantitative estimate of drug-likeness (QED) is 0.368. The zero-order valence-corrected chi connectivity index (χ0v) is 19.0. The lowest BCUT2D eigenvalue weighted by atomic mass is 10.1. The number of amides is 1. The van der Waals surface area contributed by atoms with Gasteiger partial charge in [0.15, 0.2) is 0 Å². The van der Waals surface area contributed by atoms with Crippen LogP contribution in [0, 0.1) is 0 Å². The van der Waals surface area contributed by atoms with Gasteiger partial charge in [-0.05, 0) is 29.3 Å². The largest absolute Gasteiger partial charge is 0.457 e. The Balaban J connectivity index is 0.000000192. The molecule has 0 saturated carbocycles. The van der Waals surface area contributed by atoms with Crippen LogP contribution in [0.1, 0.15) is 6.92 Å². The van der Waals surface area contributed by atoms with Crippen molar-refractivity contribution in [3.8, 4) is 22.6 Å². The number of hydrogen-bond acceptors (Lipinski definition) is 5. The van der Waals surface area contributed by atoms with E-state index in [-0.39, 0.29) is 5.91 Å². The molecule has 3 N–H and O–H groups in total. The van der Waals surface area contributed by atoms with Gasteiger partial charge in [0.1, 0.15) is 17.3 Å². The van der Waals surface area contributed by atoms with Crippen LogP contribution in [-0.4, -0.2) is 20.4 Å². The van der Waals surface area contributed by atoms with Gasteiger partial charge in [-0.1, -0.05) is 60.7 Å². The first kappa shape index (κ1) is 22.5. The summed E-state index contributed by atoms with van der Waals surface area (Å²) in [4.78, 5) is 19.4. The van der Waals surface area contributed by atoms with Crippen molar-refractivity contribution in [1.82, 2.24) is 14.5 Å². The van der Waals surface area contributed by atoms with Crippen molar-refractivity contribution in [3.05, 3.63) is 97.2 Å². The number of imidazole rings is 1. The number of ether oxygens (including phenoxy) is 1. The van der Waals surface area contributed by atoms with Crippen LogP contribution in [0.25, 0.3) is 22.2 Å². The zero-order chi connectivity index (χ0) is 23.9. The maximum atomic E-state index is 11.0. The first-order chi connectivity index (χ1) is 16.5. The number of aromatic nitrogens is 3. The van der Waals surface area contributed by atoms with Crippen molar-refractivity contribution in [3.63, 3.8) is 0 Å². The molecule has 7 nitrogen and oxygen atoms in total. The van der Waals surface area contributed by atoms with E-state index < -0.39 is 0 Å². The molecule has 0 aliphatic carbocycles. The monoisotopic (exact) mass is 451 g/mol. The molecule has 0 spiro atoms. The number of nitrogen functional groups attached to an aromatic ring is 1. The third-order valence-electron chi connectivity index (χ3n) is 5.04. The van der Waals surface area contributed by atoms with Gasteiger partial charge in [-0.15, -0.1) is 0 Å². The number of nitrogens with zero attached hydrogens (tertiary/aromatic N) is 3. The minimum absolute atomic E-state index is 0.185. The molecule has 0 saturated heterocycles. The van der Waals surface area contributed by atoms with Crippen LogP contribution in [0.15, 0.2) is 97.2 Å². The average Bonchev–Trinajstić information content (AvgIpc) is 3.13. The number of anilines is 2. The number of carbonyl (C=O) groups is 1. The number of aryl methyl sites for hydroxylation is 1. The molecule has 2 aromatic heterocycles. The van der Waals surface area contributed by atoms with Gasteiger partial charge in [-0.3, -0.25) is 4.79 Å². The van der Waals surface area contributed by atoms with Crippen molar-refractivity contribution in [2.45, 2.75) is 6.92 Å². The first-order valence-electron chi connectivity index (χ1n) is 10.7. The van der Waals surface area contributed by atoms with Crippen LogP contribution in [0.4, 0.5) is 11.8 Å². The van der Waals surface area contributed by atoms with E-state index in [0.717, 1.165) is 11.0 Å². The van der Waals surface area contributed by atoms with Gasteiger partial charge < -0.3 is 20.4 Å². The fraction of sp³-hybridized carbons (Fsp3) is 0.0741. The van der Waals surface area contributed by atoms with Gasteiger partial charge in [-0.25, -0.2) is 9.97 Å². The zero-order valence-electron chi connectivity index (χ0n) is 19.0. The fourth-order valence-electron chi connectivity index (χ4n) is 3.38. The van der Waals surface area contributed by atoms with Crippen LogP contribution < -0.4 is 15.8 Å². The third kappa shape index (κ3) is 5.58. The highest BCUT2D eigenvalue weighted by Gasteiger charge is 2.07. The molecule has 3 aromatic carbocycles. The van der Waals surface area contributed by atoms with Gasteiger partial charge in [0.2, 0.25) is 11.9 Å². The number of pyridine rings is 1. The van der Waals surface area contributed by atoms with Gasteiger partial charge >= 0.3 is 0 Å². The minimum Gasteiger partial charge on any atom is -0.457 e. The van der Waals surface area contributed by atoms with Gasteiger partial charge in [0.25, 0.3) is 0 Å². The topological polar surface area (TPSA) is 95.1 Å². The summed E-state index contributed by atoms with van der Waals surface area (Å²) in [6.45, 7) is 1.43. The highest BCUT2D eigenvalue weighted by atomic mass is 16.5. The molecule has 0 aliphatic heterocycles. The summed E-state index contributed by atoms with van der Waals surface area (Å²) in [6.07, 6.45) is 1.57. The molecule has 34 heavy (non-hydrogen) atoms. The molecule has 0 atom stereocenters. The Hall–Kier alpha value is -4.65. The molecule has 0 aliphatic rings. The molecule has 7 heteroatoms. The van der Waals surface area contributed by atoms with E-state index in [2.05, 4.69) is 63.8 Å². The Morgan fingerprint density at radius 3 is 2.12 bits per heavy atom. The molecular formula is C27H25N5O2. The van der Waals surface area contributed by atoms with Crippen LogP contribution in [0.2, 0.25) is 0 Å². The smallest absolute Gasteiger partial charge is 0.222 e. The Bertz CT molecular complexity index is 1360. The van der Waals surface area contributed by atoms with Gasteiger partial charge in [0.05, 0.1) is 11.0 Å². The van der Waals surface area contributed by atoms with Crippen molar-refractivity contribution >= 4 is 28.7 Å². The second kappa shape index (κ2) is 10.3. The summed E-state index contributed by atoms with van der Waals surface area (Å²) < 4.78 is 7.58. The molecule has 2 heterocycles. The lowest BCUT2D eigenvalue weighted by molar-refractivity contribution is -0.114. The molecule has 0 bridgehead atoms. The summed E-state index contributed by atoms with van der Waals surface area (Å²) in [7, 11) is 1.85. The van der Waals surface area contributed by atoms with E-state index >= 15 is 0 Å². The second-order valence-electron chi connectivity index (χ2n) is 7.57. The average molecular weight is 452 g/mol. The minimum atomic E-state index is -0.185. The van der Waals surface area contributed by atoms with E-state index in [9.17, 15) is 4.79 Å². The summed E-state index contributed by atoms with van der Waals surface area (Å²) in [6, 6.07) is 29.7. The standard InChI is InChI=1S/C15H15N5O2.C12H10/c1-9(21)18-14-8-11(5-6-17-14)22-10-3-4-13-12(7-10)19-15(16)20(13)2;1-3-7-11(8-4-1)12-9-5-2-6-10-12/h3-8H,1-2H3,(H2,16,19)(H,17,18,21);1-10H. The van der Waals surface area contributed by atoms with E-state index in [1.165, 1.54) is 18.1 Å². The highest BCUT2D eigenvalue weighted by Crippen LogP contribution is 2.27. The van der Waals surface area contributed by atoms with E-state index in [1.807, 2.05) is 37.4 Å². The Kier molecular flexibility index (Phi) is 6.84. The molecule has 0 radical (unpaired) electrons. The van der Waals surface area contributed by atoms with Crippen LogP contribution in [0.5, 0.6) is 11.5 Å². The molecule has 5 rings (SSSR count). The van der Waals surface area contributed by atoms with E-state index in [0.29, 0.717) is 23.3 Å². The molecular weight excluding hydrogens is 426 g/mol. The maximum absolute atomic E-state index is 11.0. The highest BCUT2D eigenvalue weighted by molar-refractivity contribution is 5.87. The molecule has 5 aromatic rings. The first-order valence-corrected chi connectivity index (χ1v) is 10.7. The fourth-order valence-corrected chi connectivity index (χ4v) is 3.38. The van der Waals surface area contributed by atoms with E-state index in [1.54, 1.807) is 22.9 Å². The number of benzene rings is 3. The van der Waals surface area contributed by atoms with Crippen LogP contribution in [-0.2, 0) is 11.8 Å². The molecule has 1 amide bonds. The number of carbonyl (C=O) groups excluding carboxylic acids is 1. The molecule has 170 valence electrons. The van der Waals surface area contributed by atoms with Gasteiger partial charge in [-0.2, -0.15) is 0 Å². The second-order valence-corrected chi connectivity index (χ2v) is 7.57. The number of fused-ring (bicyclic) bond motifs is 1. The number of nitrogens with one attached hydrogen (secondary N) is 1.